The molecule has 3 N–H and O–H groups in total. The van der Waals surface area contributed by atoms with Crippen LogP contribution in [0.5, 0.6) is 0 Å². The van der Waals surface area contributed by atoms with E-state index in [1.54, 1.807) is 0 Å². The number of nitrogens with one attached hydrogen (secondary N) is 1. The number of nitrogens with zero attached hydrogens (tertiary/aromatic N) is 2. The first-order valence-corrected chi connectivity index (χ1v) is 6.72. The Kier molecular flexibility index (Phi) is 3.34. The van der Waals surface area contributed by atoms with Gasteiger partial charge in [-0.15, -0.1) is 0 Å². The zero-order chi connectivity index (χ0) is 14.0. The van der Waals surface area contributed by atoms with Crippen molar-refractivity contribution in [2.45, 2.75) is 11.8 Å². The molecular formula is C11H11FN4O2S. The van der Waals surface area contributed by atoms with Gasteiger partial charge >= 0.3 is 0 Å². The quantitative estimate of drug-likeness (QED) is 0.827. The van der Waals surface area contributed by atoms with Gasteiger partial charge in [0.05, 0.1) is 23.0 Å². The second kappa shape index (κ2) is 4.81. The second-order valence-corrected chi connectivity index (χ2v) is 5.51. The van der Waals surface area contributed by atoms with E-state index in [-0.39, 0.29) is 21.8 Å². The molecule has 19 heavy (non-hydrogen) atoms. The van der Waals surface area contributed by atoms with E-state index in [4.69, 9.17) is 5.73 Å². The van der Waals surface area contributed by atoms with Crippen LogP contribution >= 0.6 is 0 Å². The van der Waals surface area contributed by atoms with E-state index in [2.05, 4.69) is 14.7 Å². The first-order chi connectivity index (χ1) is 8.90. The molecule has 1 aromatic carbocycles. The maximum Gasteiger partial charge on any atom is 0.262 e. The van der Waals surface area contributed by atoms with Crippen LogP contribution < -0.4 is 10.5 Å². The van der Waals surface area contributed by atoms with Crippen molar-refractivity contribution < 1.29 is 12.8 Å². The van der Waals surface area contributed by atoms with Crippen molar-refractivity contribution in [3.8, 4) is 0 Å². The van der Waals surface area contributed by atoms with Crippen LogP contribution in [0.3, 0.4) is 0 Å². The highest BCUT2D eigenvalue weighted by atomic mass is 32.2. The number of rotatable bonds is 3. The minimum absolute atomic E-state index is 0.00134. The number of hydrogen-bond acceptors (Lipinski definition) is 5. The highest BCUT2D eigenvalue weighted by Gasteiger charge is 2.20. The molecule has 0 amide bonds. The van der Waals surface area contributed by atoms with Gasteiger partial charge in [0, 0.05) is 11.3 Å². The first kappa shape index (κ1) is 13.2. The van der Waals surface area contributed by atoms with Crippen LogP contribution in [-0.4, -0.2) is 18.4 Å². The van der Waals surface area contributed by atoms with Gasteiger partial charge < -0.3 is 5.73 Å². The van der Waals surface area contributed by atoms with Crippen LogP contribution in [-0.2, 0) is 10.0 Å². The number of nitrogens with two attached hydrogens (primary N) is 1. The number of anilines is 2. The summed E-state index contributed by atoms with van der Waals surface area (Å²) in [5.41, 5.74) is 5.68. The molecule has 1 heterocycles. The van der Waals surface area contributed by atoms with Crippen molar-refractivity contribution in [3.05, 3.63) is 42.2 Å². The number of halogens is 1. The van der Waals surface area contributed by atoms with Gasteiger partial charge in [-0.05, 0) is 19.1 Å². The molecule has 0 atom stereocenters. The summed E-state index contributed by atoms with van der Waals surface area (Å²) in [5.74, 6) is -0.676. The Bertz CT molecular complexity index is 704. The molecule has 100 valence electrons. The molecule has 0 aliphatic heterocycles. The summed E-state index contributed by atoms with van der Waals surface area (Å²) in [6, 6.07) is 2.27. The third-order valence-electron chi connectivity index (χ3n) is 2.42. The average Bonchev–Trinajstić information content (AvgIpc) is 2.34. The van der Waals surface area contributed by atoms with Gasteiger partial charge in [0.1, 0.15) is 12.1 Å². The lowest BCUT2D eigenvalue weighted by Crippen LogP contribution is -2.15. The summed E-state index contributed by atoms with van der Waals surface area (Å²) in [6.07, 6.45) is 3.86. The summed E-state index contributed by atoms with van der Waals surface area (Å²) in [7, 11) is -3.94. The maximum atomic E-state index is 13.5. The molecule has 1 aromatic heterocycles. The summed E-state index contributed by atoms with van der Waals surface area (Å²) < 4.78 is 40.0. The fraction of sp³-hybridized carbons (Fsp3) is 0.0909. The van der Waals surface area contributed by atoms with Gasteiger partial charge in [0.15, 0.2) is 0 Å². The van der Waals surface area contributed by atoms with Gasteiger partial charge in [0.25, 0.3) is 10.0 Å². The van der Waals surface area contributed by atoms with E-state index < -0.39 is 15.8 Å². The van der Waals surface area contributed by atoms with Crippen LogP contribution in [0.1, 0.15) is 5.56 Å². The van der Waals surface area contributed by atoms with E-state index in [0.717, 1.165) is 6.07 Å². The van der Waals surface area contributed by atoms with Crippen LogP contribution in [0.15, 0.2) is 35.7 Å². The number of aromatic nitrogens is 2. The zero-order valence-electron chi connectivity index (χ0n) is 9.96. The Balaban J connectivity index is 2.46. The predicted molar refractivity (Wildman–Crippen MR) is 68.4 cm³/mol. The number of nitrogen functional groups attached to an aromatic ring is 1. The fourth-order valence-electron chi connectivity index (χ4n) is 1.51. The molecule has 0 unspecified atom stereocenters. The maximum absolute atomic E-state index is 13.5. The zero-order valence-corrected chi connectivity index (χ0v) is 10.8. The van der Waals surface area contributed by atoms with Crippen molar-refractivity contribution in [3.63, 3.8) is 0 Å². The molecule has 0 saturated carbocycles. The van der Waals surface area contributed by atoms with Crippen molar-refractivity contribution in [1.29, 1.82) is 0 Å². The van der Waals surface area contributed by atoms with Crippen molar-refractivity contribution in [2.75, 3.05) is 10.5 Å². The van der Waals surface area contributed by atoms with Crippen LogP contribution in [0, 0.1) is 12.7 Å². The molecule has 0 fully saturated rings. The van der Waals surface area contributed by atoms with Crippen molar-refractivity contribution in [1.82, 2.24) is 9.97 Å². The smallest absolute Gasteiger partial charge is 0.262 e. The largest absolute Gasteiger partial charge is 0.399 e. The summed E-state index contributed by atoms with van der Waals surface area (Å²) in [4.78, 5) is 7.15. The molecule has 8 heteroatoms. The Morgan fingerprint density at radius 2 is 1.89 bits per heavy atom. The Morgan fingerprint density at radius 3 is 2.53 bits per heavy atom. The Hall–Kier alpha value is -2.22. The third kappa shape index (κ3) is 2.79. The van der Waals surface area contributed by atoms with Crippen molar-refractivity contribution in [2.24, 2.45) is 0 Å². The molecule has 0 bridgehead atoms. The van der Waals surface area contributed by atoms with E-state index in [1.165, 1.54) is 31.7 Å². The number of sulfonamides is 1. The van der Waals surface area contributed by atoms with Gasteiger partial charge in [-0.3, -0.25) is 4.72 Å². The predicted octanol–water partition coefficient (Wildman–Crippen LogP) is 1.31. The van der Waals surface area contributed by atoms with Gasteiger partial charge in [-0.2, -0.15) is 0 Å². The van der Waals surface area contributed by atoms with Crippen LogP contribution in [0.4, 0.5) is 15.8 Å². The third-order valence-corrected chi connectivity index (χ3v) is 3.93. The lowest BCUT2D eigenvalue weighted by molar-refractivity contribution is 0.591. The molecule has 0 aliphatic rings. The Labute approximate surface area is 109 Å². The molecule has 6 nitrogen and oxygen atoms in total. The molecule has 0 spiro atoms. The molecule has 0 radical (unpaired) electrons. The minimum Gasteiger partial charge on any atom is -0.399 e. The number of benzene rings is 1. The van der Waals surface area contributed by atoms with Crippen LogP contribution in [0.2, 0.25) is 0 Å². The molecule has 0 saturated heterocycles. The number of hydrogen-bond donors (Lipinski definition) is 2. The first-order valence-electron chi connectivity index (χ1n) is 5.23. The monoisotopic (exact) mass is 282 g/mol. The molecule has 2 aromatic rings. The summed E-state index contributed by atoms with van der Waals surface area (Å²) >= 11 is 0. The van der Waals surface area contributed by atoms with E-state index >= 15 is 0 Å². The van der Waals surface area contributed by atoms with E-state index in [0.29, 0.717) is 0 Å². The van der Waals surface area contributed by atoms with Gasteiger partial charge in [-0.25, -0.2) is 22.8 Å². The highest BCUT2D eigenvalue weighted by molar-refractivity contribution is 7.92. The normalized spacial score (nSPS) is 11.3. The Morgan fingerprint density at radius 1 is 1.26 bits per heavy atom. The van der Waals surface area contributed by atoms with E-state index in [1.807, 2.05) is 0 Å². The standard InChI is InChI=1S/C11H11FN4O2S/c1-7-10(12)2-8(13)3-11(7)19(17,18)16-9-4-14-6-15-5-9/h2-6,16H,13H2,1H3. The van der Waals surface area contributed by atoms with Gasteiger partial charge in [-0.1, -0.05) is 0 Å². The van der Waals surface area contributed by atoms with E-state index in [9.17, 15) is 12.8 Å². The minimum atomic E-state index is -3.94. The average molecular weight is 282 g/mol. The molecular weight excluding hydrogens is 271 g/mol. The lowest BCUT2D eigenvalue weighted by Gasteiger charge is -2.11. The topological polar surface area (TPSA) is 98.0 Å². The molecule has 2 rings (SSSR count). The SMILES string of the molecule is Cc1c(F)cc(N)cc1S(=O)(=O)Nc1cncnc1. The summed E-state index contributed by atoms with van der Waals surface area (Å²) in [5, 5.41) is 0. The molecule has 0 aliphatic carbocycles. The highest BCUT2D eigenvalue weighted by Crippen LogP contribution is 2.23. The lowest BCUT2D eigenvalue weighted by atomic mass is 10.2. The second-order valence-electron chi connectivity index (χ2n) is 3.86. The van der Waals surface area contributed by atoms with Crippen molar-refractivity contribution >= 4 is 21.4 Å². The fourth-order valence-corrected chi connectivity index (χ4v) is 2.83. The van der Waals surface area contributed by atoms with Crippen LogP contribution in [0.25, 0.3) is 0 Å². The van der Waals surface area contributed by atoms with Gasteiger partial charge in [0.2, 0.25) is 0 Å². The summed E-state index contributed by atoms with van der Waals surface area (Å²) in [6.45, 7) is 1.37.